The summed E-state index contributed by atoms with van der Waals surface area (Å²) in [6.45, 7) is 5.44. The minimum Gasteiger partial charge on any atom is -0.306 e. The maximum atomic E-state index is 11.5. The molecular formula is C18H23N3OS. The second-order valence-corrected chi connectivity index (χ2v) is 6.67. The molecule has 0 spiro atoms. The van der Waals surface area contributed by atoms with E-state index in [-0.39, 0.29) is 5.69 Å². The van der Waals surface area contributed by atoms with Crippen molar-refractivity contribution >= 4 is 22.4 Å². The number of imidazole rings is 1. The number of aromatic nitrogens is 2. The number of hydrogen-bond donors (Lipinski definition) is 2. The van der Waals surface area contributed by atoms with Crippen LogP contribution in [0.4, 0.5) is 0 Å². The zero-order valence-electron chi connectivity index (χ0n) is 13.5. The number of aromatic amines is 2. The van der Waals surface area contributed by atoms with E-state index in [0.29, 0.717) is 0 Å². The Hall–Kier alpha value is -1.85. The van der Waals surface area contributed by atoms with Crippen molar-refractivity contribution in [3.05, 3.63) is 56.6 Å². The Labute approximate surface area is 140 Å². The Morgan fingerprint density at radius 2 is 1.96 bits per heavy atom. The Morgan fingerprint density at radius 1 is 1.09 bits per heavy atom. The summed E-state index contributed by atoms with van der Waals surface area (Å²) < 4.78 is 0. The maximum absolute atomic E-state index is 11.5. The Kier molecular flexibility index (Phi) is 5.31. The Morgan fingerprint density at radius 3 is 2.74 bits per heavy atom. The fourth-order valence-electron chi connectivity index (χ4n) is 2.98. The van der Waals surface area contributed by atoms with E-state index in [1.807, 2.05) is 12.1 Å². The fourth-order valence-corrected chi connectivity index (χ4v) is 3.68. The molecule has 0 radical (unpaired) electrons. The number of hydrogen-bond acceptors (Lipinski definition) is 3. The minimum absolute atomic E-state index is 0.129. The quantitative estimate of drug-likeness (QED) is 0.665. The fraction of sp³-hybridized carbons (Fsp3) is 0.389. The molecule has 0 aliphatic carbocycles. The number of H-pyrrole nitrogens is 2. The normalized spacial score (nSPS) is 11.6. The van der Waals surface area contributed by atoms with Crippen LogP contribution in [0.25, 0.3) is 11.0 Å². The van der Waals surface area contributed by atoms with Crippen molar-refractivity contribution in [2.24, 2.45) is 0 Å². The van der Waals surface area contributed by atoms with Gasteiger partial charge in [0.05, 0.1) is 11.0 Å². The average Bonchev–Trinajstić information content (AvgIpc) is 3.18. The Bertz CT molecular complexity index is 788. The number of fused-ring (bicyclic) bond motifs is 1. The highest BCUT2D eigenvalue weighted by molar-refractivity contribution is 7.07. The maximum Gasteiger partial charge on any atom is 0.323 e. The highest BCUT2D eigenvalue weighted by Gasteiger charge is 2.08. The van der Waals surface area contributed by atoms with Crippen molar-refractivity contribution < 1.29 is 0 Å². The number of nitrogens with one attached hydrogen (secondary N) is 2. The van der Waals surface area contributed by atoms with Crippen molar-refractivity contribution in [3.8, 4) is 0 Å². The lowest BCUT2D eigenvalue weighted by Gasteiger charge is -2.21. The molecule has 122 valence electrons. The number of para-hydroxylation sites is 1. The molecule has 0 fully saturated rings. The molecule has 0 aliphatic rings. The van der Waals surface area contributed by atoms with Crippen LogP contribution in [0.3, 0.4) is 0 Å². The second-order valence-electron chi connectivity index (χ2n) is 5.89. The van der Waals surface area contributed by atoms with Gasteiger partial charge in [0.1, 0.15) is 0 Å². The number of nitrogens with zero attached hydrogens (tertiary/aromatic N) is 1. The zero-order chi connectivity index (χ0) is 16.1. The second kappa shape index (κ2) is 7.62. The van der Waals surface area contributed by atoms with Crippen LogP contribution in [0.5, 0.6) is 0 Å². The molecule has 0 atom stereocenters. The van der Waals surface area contributed by atoms with Crippen molar-refractivity contribution in [3.63, 3.8) is 0 Å². The largest absolute Gasteiger partial charge is 0.323 e. The predicted octanol–water partition coefficient (Wildman–Crippen LogP) is 3.41. The molecule has 0 aliphatic heterocycles. The molecule has 0 saturated carbocycles. The molecule has 2 heterocycles. The summed E-state index contributed by atoms with van der Waals surface area (Å²) in [6.07, 6.45) is 3.22. The molecule has 0 unspecified atom stereocenters. The summed E-state index contributed by atoms with van der Waals surface area (Å²) in [5, 5.41) is 4.37. The van der Waals surface area contributed by atoms with Gasteiger partial charge in [0.25, 0.3) is 0 Å². The van der Waals surface area contributed by atoms with Gasteiger partial charge in [-0.25, -0.2) is 4.79 Å². The molecule has 1 aromatic carbocycles. The first kappa shape index (κ1) is 16.0. The van der Waals surface area contributed by atoms with Crippen LogP contribution in [0.15, 0.2) is 39.8 Å². The van der Waals surface area contributed by atoms with E-state index in [9.17, 15) is 4.79 Å². The molecule has 5 heteroatoms. The Balaban J connectivity index is 1.64. The van der Waals surface area contributed by atoms with Gasteiger partial charge in [0.15, 0.2) is 0 Å². The van der Waals surface area contributed by atoms with Crippen LogP contribution in [0.2, 0.25) is 0 Å². The molecule has 2 aromatic heterocycles. The van der Waals surface area contributed by atoms with E-state index in [4.69, 9.17) is 0 Å². The molecule has 0 bridgehead atoms. The van der Waals surface area contributed by atoms with Gasteiger partial charge < -0.3 is 14.9 Å². The molecule has 3 aromatic rings. The molecule has 3 rings (SSSR count). The highest BCUT2D eigenvalue weighted by atomic mass is 32.1. The number of thiophene rings is 1. The summed E-state index contributed by atoms with van der Waals surface area (Å²) in [5.41, 5.74) is 4.35. The molecule has 23 heavy (non-hydrogen) atoms. The summed E-state index contributed by atoms with van der Waals surface area (Å²) in [5.74, 6) is 0. The van der Waals surface area contributed by atoms with E-state index in [2.05, 4.69) is 44.7 Å². The lowest BCUT2D eigenvalue weighted by molar-refractivity contribution is 0.281. The van der Waals surface area contributed by atoms with Crippen LogP contribution >= 0.6 is 11.3 Å². The average molecular weight is 329 g/mol. The molecule has 0 amide bonds. The van der Waals surface area contributed by atoms with Gasteiger partial charge in [-0.3, -0.25) is 0 Å². The predicted molar refractivity (Wildman–Crippen MR) is 97.4 cm³/mol. The van der Waals surface area contributed by atoms with Crippen LogP contribution < -0.4 is 5.69 Å². The summed E-state index contributed by atoms with van der Waals surface area (Å²) >= 11 is 1.76. The lowest BCUT2D eigenvalue weighted by Crippen LogP contribution is -2.29. The van der Waals surface area contributed by atoms with Crippen LogP contribution in [0, 0.1) is 0 Å². The standard InChI is InChI=1S/C18H23N3OS/c1-2-9-21(10-6-14-8-12-23-13-14)11-7-15-4-3-5-16-17(15)20-18(22)19-16/h3-5,8,12-13H,2,6-7,9-11H2,1H3,(H2,19,20,22). The van der Waals surface area contributed by atoms with Crippen molar-refractivity contribution in [2.75, 3.05) is 19.6 Å². The SMILES string of the molecule is CCCN(CCc1ccsc1)CCc1cccc2[nH]c(=O)[nH]c12. The van der Waals surface area contributed by atoms with Gasteiger partial charge in [0, 0.05) is 13.1 Å². The first-order valence-electron chi connectivity index (χ1n) is 8.19. The summed E-state index contributed by atoms with van der Waals surface area (Å²) in [6, 6.07) is 8.27. The van der Waals surface area contributed by atoms with Crippen molar-refractivity contribution in [2.45, 2.75) is 26.2 Å². The number of rotatable bonds is 8. The zero-order valence-corrected chi connectivity index (χ0v) is 14.3. The van der Waals surface area contributed by atoms with Gasteiger partial charge in [-0.1, -0.05) is 19.1 Å². The van der Waals surface area contributed by atoms with E-state index >= 15 is 0 Å². The summed E-state index contributed by atoms with van der Waals surface area (Å²) in [7, 11) is 0. The molecule has 2 N–H and O–H groups in total. The van der Waals surface area contributed by atoms with Gasteiger partial charge >= 0.3 is 5.69 Å². The van der Waals surface area contributed by atoms with E-state index in [0.717, 1.165) is 49.9 Å². The van der Waals surface area contributed by atoms with Crippen LogP contribution in [0.1, 0.15) is 24.5 Å². The molecule has 4 nitrogen and oxygen atoms in total. The van der Waals surface area contributed by atoms with Crippen molar-refractivity contribution in [1.29, 1.82) is 0 Å². The third-order valence-corrected chi connectivity index (χ3v) is 4.90. The lowest BCUT2D eigenvalue weighted by atomic mass is 10.1. The topological polar surface area (TPSA) is 51.9 Å². The third-order valence-electron chi connectivity index (χ3n) is 4.17. The first-order chi connectivity index (χ1) is 11.3. The molecule has 0 saturated heterocycles. The van der Waals surface area contributed by atoms with Gasteiger partial charge in [0.2, 0.25) is 0 Å². The van der Waals surface area contributed by atoms with Gasteiger partial charge in [-0.15, -0.1) is 0 Å². The smallest absolute Gasteiger partial charge is 0.306 e. The van der Waals surface area contributed by atoms with E-state index < -0.39 is 0 Å². The highest BCUT2D eigenvalue weighted by Crippen LogP contribution is 2.14. The number of benzene rings is 1. The third kappa shape index (κ3) is 4.12. The van der Waals surface area contributed by atoms with E-state index in [1.165, 1.54) is 11.1 Å². The van der Waals surface area contributed by atoms with Crippen molar-refractivity contribution in [1.82, 2.24) is 14.9 Å². The van der Waals surface area contributed by atoms with Gasteiger partial charge in [-0.2, -0.15) is 11.3 Å². The van der Waals surface area contributed by atoms with E-state index in [1.54, 1.807) is 11.3 Å². The van der Waals surface area contributed by atoms with Crippen LogP contribution in [-0.4, -0.2) is 34.5 Å². The van der Waals surface area contributed by atoms with Crippen LogP contribution in [-0.2, 0) is 12.8 Å². The minimum atomic E-state index is -0.129. The monoisotopic (exact) mass is 329 g/mol. The van der Waals surface area contributed by atoms with Gasteiger partial charge in [-0.05, 0) is 59.8 Å². The first-order valence-corrected chi connectivity index (χ1v) is 9.14. The molecular weight excluding hydrogens is 306 g/mol. The summed E-state index contributed by atoms with van der Waals surface area (Å²) in [4.78, 5) is 19.8.